The van der Waals surface area contributed by atoms with E-state index >= 15 is 0 Å². The Morgan fingerprint density at radius 1 is 0.800 bits per heavy atom. The molecule has 0 aliphatic carbocycles. The molecule has 0 aromatic carbocycles. The summed E-state index contributed by atoms with van der Waals surface area (Å²) in [6.45, 7) is 8.85. The Hall–Kier alpha value is -1.76. The van der Waals surface area contributed by atoms with E-state index in [0.717, 1.165) is 25.7 Å². The smallest absolute Gasteiger partial charge is 0.0934 e. The summed E-state index contributed by atoms with van der Waals surface area (Å²) >= 11 is 0. The van der Waals surface area contributed by atoms with Crippen LogP contribution in [-0.2, 0) is 6.42 Å². The first kappa shape index (κ1) is 21.3. The normalized spacial score (nSPS) is 12.8. The number of furan rings is 1. The van der Waals surface area contributed by atoms with Crippen molar-refractivity contribution >= 4 is 0 Å². The van der Waals surface area contributed by atoms with Gasteiger partial charge in [0.05, 0.1) is 12.5 Å². The molecule has 1 aromatic heterocycles. The molecule has 0 radical (unpaired) electrons. The molecule has 25 heavy (non-hydrogen) atoms. The van der Waals surface area contributed by atoms with Crippen LogP contribution in [0.15, 0.2) is 70.1 Å². The molecule has 0 unspecified atom stereocenters. The minimum atomic E-state index is 1.07. The molecule has 1 aromatic rings. The molecule has 0 aliphatic rings. The minimum absolute atomic E-state index is 1.07. The van der Waals surface area contributed by atoms with E-state index in [1.165, 1.54) is 48.0 Å². The van der Waals surface area contributed by atoms with E-state index in [-0.39, 0.29) is 0 Å². The van der Waals surface area contributed by atoms with Crippen LogP contribution in [-0.4, -0.2) is 0 Å². The lowest BCUT2D eigenvalue weighted by molar-refractivity contribution is 0.564. The van der Waals surface area contributed by atoms with E-state index in [1.54, 1.807) is 6.26 Å². The molecule has 1 heterocycles. The number of rotatable bonds is 12. The van der Waals surface area contributed by atoms with Crippen molar-refractivity contribution in [1.82, 2.24) is 0 Å². The van der Waals surface area contributed by atoms with Crippen LogP contribution in [0.1, 0.15) is 78.2 Å². The van der Waals surface area contributed by atoms with Gasteiger partial charge in [-0.3, -0.25) is 0 Å². The lowest BCUT2D eigenvalue weighted by Crippen LogP contribution is -1.81. The van der Waals surface area contributed by atoms with Gasteiger partial charge in [0.2, 0.25) is 0 Å². The summed E-state index contributed by atoms with van der Waals surface area (Å²) in [4.78, 5) is 0. The van der Waals surface area contributed by atoms with Gasteiger partial charge in [-0.25, -0.2) is 0 Å². The van der Waals surface area contributed by atoms with Gasteiger partial charge in [0, 0.05) is 0 Å². The van der Waals surface area contributed by atoms with Gasteiger partial charge >= 0.3 is 0 Å². The Kier molecular flexibility index (Phi) is 11.5. The van der Waals surface area contributed by atoms with Crippen molar-refractivity contribution in [2.24, 2.45) is 0 Å². The predicted octanol–water partition coefficient (Wildman–Crippen LogP) is 7.97. The second kappa shape index (κ2) is 13.5. The van der Waals surface area contributed by atoms with Crippen LogP contribution in [0.5, 0.6) is 0 Å². The first-order valence-corrected chi connectivity index (χ1v) is 9.68. The lowest BCUT2D eigenvalue weighted by atomic mass is 10.1. The standard InChI is InChI=1S/C24H36O/c1-21(2)12-10-14-23(4)16-11-15-22(3)13-8-6-5-7-9-17-24-18-19-25-20-24/h5,7,12-13,16,18-20H,6,8-11,14-15,17H2,1-4H3/b7-5+,22-13+,23-16+. The first-order chi connectivity index (χ1) is 12.1. The van der Waals surface area contributed by atoms with Crippen molar-refractivity contribution in [3.05, 3.63) is 71.3 Å². The molecule has 0 saturated carbocycles. The van der Waals surface area contributed by atoms with E-state index in [0.29, 0.717) is 0 Å². The van der Waals surface area contributed by atoms with Crippen molar-refractivity contribution < 1.29 is 4.42 Å². The largest absolute Gasteiger partial charge is 0.472 e. The van der Waals surface area contributed by atoms with Crippen LogP contribution >= 0.6 is 0 Å². The fourth-order valence-corrected chi connectivity index (χ4v) is 2.69. The second-order valence-corrected chi connectivity index (χ2v) is 7.18. The van der Waals surface area contributed by atoms with E-state index in [9.17, 15) is 0 Å². The third-order valence-corrected chi connectivity index (χ3v) is 4.30. The highest BCUT2D eigenvalue weighted by Gasteiger charge is 1.93. The summed E-state index contributed by atoms with van der Waals surface area (Å²) < 4.78 is 5.07. The molecule has 0 amide bonds. The van der Waals surface area contributed by atoms with E-state index in [4.69, 9.17) is 4.42 Å². The molecule has 0 spiro atoms. The van der Waals surface area contributed by atoms with Gasteiger partial charge in [0.15, 0.2) is 0 Å². The molecule has 0 fully saturated rings. The van der Waals surface area contributed by atoms with Gasteiger partial charge in [-0.05, 0) is 90.7 Å². The van der Waals surface area contributed by atoms with Crippen molar-refractivity contribution in [2.45, 2.75) is 79.1 Å². The van der Waals surface area contributed by atoms with Gasteiger partial charge in [-0.2, -0.15) is 0 Å². The summed E-state index contributed by atoms with van der Waals surface area (Å²) in [6, 6.07) is 2.04. The third-order valence-electron chi connectivity index (χ3n) is 4.30. The topological polar surface area (TPSA) is 13.1 Å². The second-order valence-electron chi connectivity index (χ2n) is 7.18. The van der Waals surface area contributed by atoms with Crippen LogP contribution in [0.25, 0.3) is 0 Å². The molecular formula is C24H36O. The van der Waals surface area contributed by atoms with E-state index in [2.05, 4.69) is 58.1 Å². The SMILES string of the molecule is CC(C)=CCC/C(C)=C/CC/C(C)=C/CC/C=C/CCc1ccoc1. The summed E-state index contributed by atoms with van der Waals surface area (Å²) in [5.74, 6) is 0. The van der Waals surface area contributed by atoms with Crippen molar-refractivity contribution in [2.75, 3.05) is 0 Å². The van der Waals surface area contributed by atoms with Gasteiger partial charge in [-0.15, -0.1) is 0 Å². The average molecular weight is 341 g/mol. The van der Waals surface area contributed by atoms with Gasteiger partial charge in [0.1, 0.15) is 0 Å². The monoisotopic (exact) mass is 340 g/mol. The van der Waals surface area contributed by atoms with Gasteiger partial charge in [-0.1, -0.05) is 47.1 Å². The Balaban J connectivity index is 2.09. The first-order valence-electron chi connectivity index (χ1n) is 9.68. The number of unbranched alkanes of at least 4 members (excludes halogenated alkanes) is 1. The number of aryl methyl sites for hydroxylation is 1. The molecule has 138 valence electrons. The zero-order valence-electron chi connectivity index (χ0n) is 16.7. The Bertz CT molecular complexity index is 563. The maximum absolute atomic E-state index is 5.07. The molecule has 1 nitrogen and oxygen atoms in total. The molecule has 1 heteroatoms. The van der Waals surface area contributed by atoms with Gasteiger partial charge < -0.3 is 4.42 Å². The van der Waals surface area contributed by atoms with Gasteiger partial charge in [0.25, 0.3) is 0 Å². The fraction of sp³-hybridized carbons (Fsp3) is 0.500. The summed E-state index contributed by atoms with van der Waals surface area (Å²) in [5, 5.41) is 0. The van der Waals surface area contributed by atoms with Crippen LogP contribution in [0.2, 0.25) is 0 Å². The summed E-state index contributed by atoms with van der Waals surface area (Å²) in [7, 11) is 0. The maximum Gasteiger partial charge on any atom is 0.0934 e. The number of hydrogen-bond donors (Lipinski definition) is 0. The lowest BCUT2D eigenvalue weighted by Gasteiger charge is -2.01. The molecular weight excluding hydrogens is 304 g/mol. The molecule has 0 aliphatic heterocycles. The Morgan fingerprint density at radius 2 is 1.44 bits per heavy atom. The van der Waals surface area contributed by atoms with Crippen molar-refractivity contribution in [1.29, 1.82) is 0 Å². The molecule has 1 rings (SSSR count). The Morgan fingerprint density at radius 3 is 2.08 bits per heavy atom. The Labute approximate surface area is 155 Å². The zero-order valence-corrected chi connectivity index (χ0v) is 16.7. The highest BCUT2D eigenvalue weighted by Crippen LogP contribution is 2.12. The zero-order chi connectivity index (χ0) is 18.3. The number of allylic oxidation sites excluding steroid dienone is 8. The molecule has 0 saturated heterocycles. The molecule has 0 N–H and O–H groups in total. The highest BCUT2D eigenvalue weighted by atomic mass is 16.3. The van der Waals surface area contributed by atoms with Crippen molar-refractivity contribution in [3.63, 3.8) is 0 Å². The average Bonchev–Trinajstić information content (AvgIpc) is 3.07. The van der Waals surface area contributed by atoms with Crippen LogP contribution in [0.3, 0.4) is 0 Å². The van der Waals surface area contributed by atoms with Crippen molar-refractivity contribution in [3.8, 4) is 0 Å². The fourth-order valence-electron chi connectivity index (χ4n) is 2.69. The third kappa shape index (κ3) is 12.3. The number of hydrogen-bond acceptors (Lipinski definition) is 1. The highest BCUT2D eigenvalue weighted by molar-refractivity contribution is 5.07. The van der Waals surface area contributed by atoms with Crippen LogP contribution < -0.4 is 0 Å². The maximum atomic E-state index is 5.07. The van der Waals surface area contributed by atoms with Crippen LogP contribution in [0.4, 0.5) is 0 Å². The van der Waals surface area contributed by atoms with E-state index in [1.807, 2.05) is 12.3 Å². The molecule has 0 bridgehead atoms. The summed E-state index contributed by atoms with van der Waals surface area (Å²) in [6.07, 6.45) is 24.5. The molecule has 0 atom stereocenters. The summed E-state index contributed by atoms with van der Waals surface area (Å²) in [5.41, 5.74) is 5.73. The predicted molar refractivity (Wildman–Crippen MR) is 111 cm³/mol. The van der Waals surface area contributed by atoms with Crippen LogP contribution in [0, 0.1) is 0 Å². The quantitative estimate of drug-likeness (QED) is 0.278. The minimum Gasteiger partial charge on any atom is -0.472 e. The van der Waals surface area contributed by atoms with E-state index < -0.39 is 0 Å².